The molecule has 4 heteroatoms. The zero-order valence-corrected chi connectivity index (χ0v) is 18.1. The van der Waals surface area contributed by atoms with Gasteiger partial charge in [0.25, 0.3) is 0 Å². The number of hydrogen-bond acceptors (Lipinski definition) is 4. The molecule has 0 aliphatic heterocycles. The predicted octanol–water partition coefficient (Wildman–Crippen LogP) is 6.57. The van der Waals surface area contributed by atoms with Crippen LogP contribution in [0.1, 0.15) is 81.5 Å². The molecule has 0 saturated heterocycles. The van der Waals surface area contributed by atoms with Crippen LogP contribution < -0.4 is 14.9 Å². The zero-order valence-electron chi connectivity index (χ0n) is 18.1. The van der Waals surface area contributed by atoms with Crippen LogP contribution in [0.4, 0.5) is 0 Å². The number of carbonyl (C=O) groups excluding carboxylic acids is 1. The molecule has 2 aromatic rings. The van der Waals surface area contributed by atoms with E-state index in [9.17, 15) is 9.59 Å². The fraction of sp³-hybridized carbons (Fsp3) is 0.462. The minimum absolute atomic E-state index is 0.00219. The van der Waals surface area contributed by atoms with Crippen molar-refractivity contribution in [2.24, 2.45) is 0 Å². The van der Waals surface area contributed by atoms with Crippen LogP contribution in [0.25, 0.3) is 0 Å². The molecule has 0 N–H and O–H groups in total. The van der Waals surface area contributed by atoms with Gasteiger partial charge in [-0.1, -0.05) is 82.9 Å². The third-order valence-electron chi connectivity index (χ3n) is 5.02. The van der Waals surface area contributed by atoms with Gasteiger partial charge in [-0.05, 0) is 42.8 Å². The summed E-state index contributed by atoms with van der Waals surface area (Å²) >= 11 is 0. The van der Waals surface area contributed by atoms with E-state index >= 15 is 0 Å². The molecule has 0 spiro atoms. The van der Waals surface area contributed by atoms with Crippen molar-refractivity contribution in [2.75, 3.05) is 6.61 Å². The third kappa shape index (κ3) is 9.25. The highest BCUT2D eigenvalue weighted by atomic mass is 16.5. The van der Waals surface area contributed by atoms with E-state index in [1.165, 1.54) is 63.5 Å². The molecular formula is C26H34O4. The van der Waals surface area contributed by atoms with Crippen LogP contribution in [0.2, 0.25) is 0 Å². The second-order valence-corrected chi connectivity index (χ2v) is 7.58. The first-order chi connectivity index (χ1) is 14.7. The van der Waals surface area contributed by atoms with Gasteiger partial charge in [0, 0.05) is 0 Å². The van der Waals surface area contributed by atoms with Crippen LogP contribution >= 0.6 is 0 Å². The monoisotopic (exact) mass is 410 g/mol. The Labute approximate surface area is 180 Å². The van der Waals surface area contributed by atoms with Gasteiger partial charge in [-0.15, -0.1) is 0 Å². The first kappa shape index (κ1) is 23.7. The fourth-order valence-electron chi connectivity index (χ4n) is 3.23. The van der Waals surface area contributed by atoms with Crippen molar-refractivity contribution in [2.45, 2.75) is 71.1 Å². The first-order valence-corrected chi connectivity index (χ1v) is 11.2. The molecule has 0 aliphatic carbocycles. The fourth-order valence-corrected chi connectivity index (χ4v) is 3.23. The van der Waals surface area contributed by atoms with E-state index in [0.29, 0.717) is 17.9 Å². The molecule has 0 bridgehead atoms. The molecule has 0 aromatic heterocycles. The van der Waals surface area contributed by atoms with Crippen molar-refractivity contribution in [1.29, 1.82) is 0 Å². The van der Waals surface area contributed by atoms with Gasteiger partial charge >= 0.3 is 5.97 Å². The second kappa shape index (κ2) is 14.4. The van der Waals surface area contributed by atoms with Gasteiger partial charge < -0.3 is 9.47 Å². The van der Waals surface area contributed by atoms with Crippen molar-refractivity contribution in [3.63, 3.8) is 0 Å². The van der Waals surface area contributed by atoms with Crippen LogP contribution in [0, 0.1) is 0 Å². The molecule has 4 nitrogen and oxygen atoms in total. The first-order valence-electron chi connectivity index (χ1n) is 11.2. The molecule has 0 aliphatic rings. The van der Waals surface area contributed by atoms with Gasteiger partial charge in [-0.3, -0.25) is 4.79 Å². The summed E-state index contributed by atoms with van der Waals surface area (Å²) in [5.41, 5.74) is 0.0499. The summed E-state index contributed by atoms with van der Waals surface area (Å²) in [6, 6.07) is 14.8. The highest BCUT2D eigenvalue weighted by molar-refractivity contribution is 5.90. The Bertz CT molecular complexity index is 802. The Morgan fingerprint density at radius 1 is 0.733 bits per heavy atom. The average Bonchev–Trinajstić information content (AvgIpc) is 2.94. The predicted molar refractivity (Wildman–Crippen MR) is 121 cm³/mol. The normalized spacial score (nSPS) is 10.6. The number of carbonyl (C=O) groups is 1. The van der Waals surface area contributed by atoms with Crippen molar-refractivity contribution >= 4 is 5.97 Å². The average molecular weight is 411 g/mol. The lowest BCUT2D eigenvalue weighted by Crippen LogP contribution is -2.12. The standard InChI is InChI=1S/C26H34O4/c1-2-3-4-5-6-7-8-9-10-14-21-29-23-17-19-24(27)25(20-18-23)30-26(28)22-15-12-11-13-16-22/h11-13,15-20H,2-10,14,21H2,1H3. The number of esters is 1. The summed E-state index contributed by atoms with van der Waals surface area (Å²) in [6.07, 6.45) is 12.8. The molecular weight excluding hydrogens is 376 g/mol. The van der Waals surface area contributed by atoms with E-state index in [0.717, 1.165) is 12.8 Å². The lowest BCUT2D eigenvalue weighted by atomic mass is 10.1. The Morgan fingerprint density at radius 2 is 1.33 bits per heavy atom. The largest absolute Gasteiger partial charge is 0.494 e. The number of unbranched alkanes of at least 4 members (excludes halogenated alkanes) is 9. The Kier molecular flexibility index (Phi) is 11.3. The van der Waals surface area contributed by atoms with Crippen LogP contribution in [0.15, 0.2) is 59.4 Å². The third-order valence-corrected chi connectivity index (χ3v) is 5.02. The van der Waals surface area contributed by atoms with Crippen molar-refractivity contribution in [3.05, 3.63) is 70.4 Å². The molecule has 0 heterocycles. The minimum Gasteiger partial charge on any atom is -0.494 e. The summed E-state index contributed by atoms with van der Waals surface area (Å²) in [4.78, 5) is 24.3. The van der Waals surface area contributed by atoms with E-state index in [2.05, 4.69) is 6.92 Å². The van der Waals surface area contributed by atoms with Crippen LogP contribution in [-0.4, -0.2) is 12.6 Å². The van der Waals surface area contributed by atoms with Crippen molar-refractivity contribution in [3.8, 4) is 11.5 Å². The molecule has 0 fully saturated rings. The van der Waals surface area contributed by atoms with Gasteiger partial charge in [-0.25, -0.2) is 4.79 Å². The molecule has 0 unspecified atom stereocenters. The highest BCUT2D eigenvalue weighted by Gasteiger charge is 2.09. The van der Waals surface area contributed by atoms with Crippen LogP contribution in [0.5, 0.6) is 11.5 Å². The number of hydrogen-bond donors (Lipinski definition) is 0. The Morgan fingerprint density at radius 3 is 2.00 bits per heavy atom. The van der Waals surface area contributed by atoms with Crippen molar-refractivity contribution < 1.29 is 14.3 Å². The smallest absolute Gasteiger partial charge is 0.343 e. The van der Waals surface area contributed by atoms with Gasteiger partial charge in [0.15, 0.2) is 5.75 Å². The summed E-state index contributed by atoms with van der Waals surface area (Å²) in [5.74, 6) is 0.0504. The molecule has 0 saturated carbocycles. The van der Waals surface area contributed by atoms with E-state index in [-0.39, 0.29) is 11.2 Å². The molecule has 2 rings (SSSR count). The summed E-state index contributed by atoms with van der Waals surface area (Å²) in [6.45, 7) is 2.87. The zero-order chi connectivity index (χ0) is 21.4. The van der Waals surface area contributed by atoms with Gasteiger partial charge in [0.05, 0.1) is 12.2 Å². The van der Waals surface area contributed by atoms with Gasteiger partial charge in [-0.2, -0.15) is 0 Å². The topological polar surface area (TPSA) is 52.6 Å². The SMILES string of the molecule is CCCCCCCCCCCCOc1ccc(OC(=O)c2ccccc2)c(=O)cc1. The van der Waals surface area contributed by atoms with Gasteiger partial charge in [0.1, 0.15) is 5.75 Å². The van der Waals surface area contributed by atoms with E-state index in [1.54, 1.807) is 36.4 Å². The van der Waals surface area contributed by atoms with E-state index in [4.69, 9.17) is 9.47 Å². The van der Waals surface area contributed by atoms with Crippen LogP contribution in [-0.2, 0) is 0 Å². The molecule has 2 aromatic carbocycles. The van der Waals surface area contributed by atoms with E-state index in [1.807, 2.05) is 6.07 Å². The van der Waals surface area contributed by atoms with E-state index < -0.39 is 5.97 Å². The maximum atomic E-state index is 12.2. The molecule has 0 atom stereocenters. The maximum absolute atomic E-state index is 12.2. The molecule has 0 radical (unpaired) electrons. The quantitative estimate of drug-likeness (QED) is 0.261. The summed E-state index contributed by atoms with van der Waals surface area (Å²) < 4.78 is 11.0. The second-order valence-electron chi connectivity index (χ2n) is 7.58. The van der Waals surface area contributed by atoms with Gasteiger partial charge in [0.2, 0.25) is 5.43 Å². The lowest BCUT2D eigenvalue weighted by molar-refractivity contribution is 0.0733. The molecule has 30 heavy (non-hydrogen) atoms. The number of rotatable bonds is 14. The summed E-state index contributed by atoms with van der Waals surface area (Å²) in [5, 5.41) is 0. The lowest BCUT2D eigenvalue weighted by Gasteiger charge is -2.05. The maximum Gasteiger partial charge on any atom is 0.343 e. The van der Waals surface area contributed by atoms with Crippen LogP contribution in [0.3, 0.4) is 0 Å². The summed E-state index contributed by atoms with van der Waals surface area (Å²) in [7, 11) is 0. The molecule has 0 amide bonds. The minimum atomic E-state index is -0.549. The van der Waals surface area contributed by atoms with Crippen molar-refractivity contribution in [1.82, 2.24) is 0 Å². The number of benzene rings is 1. The number of ether oxygens (including phenoxy) is 2. The Balaban J connectivity index is 1.68. The molecule has 162 valence electrons. The Hall–Kier alpha value is -2.62. The highest BCUT2D eigenvalue weighted by Crippen LogP contribution is 2.14.